The molecule has 0 atom stereocenters. The van der Waals surface area contributed by atoms with Gasteiger partial charge < -0.3 is 0 Å². The second kappa shape index (κ2) is 4.11. The Bertz CT molecular complexity index is 476. The van der Waals surface area contributed by atoms with Gasteiger partial charge in [-0.15, -0.1) is 11.3 Å². The third-order valence-electron chi connectivity index (χ3n) is 2.34. The molecule has 15 heavy (non-hydrogen) atoms. The summed E-state index contributed by atoms with van der Waals surface area (Å²) in [5.41, 5.74) is 3.03. The van der Waals surface area contributed by atoms with Crippen LogP contribution in [0.15, 0.2) is 23.6 Å². The van der Waals surface area contributed by atoms with Crippen LogP contribution in [0.3, 0.4) is 0 Å². The minimum Gasteiger partial charge on any atom is -0.241 e. The molecule has 0 N–H and O–H groups in total. The Labute approximate surface area is 92.6 Å². The summed E-state index contributed by atoms with van der Waals surface area (Å²) >= 11 is 1.57. The minimum absolute atomic E-state index is 0.205. The van der Waals surface area contributed by atoms with Gasteiger partial charge in [-0.2, -0.15) is 0 Å². The van der Waals surface area contributed by atoms with Crippen molar-refractivity contribution >= 4 is 11.3 Å². The van der Waals surface area contributed by atoms with Crippen molar-refractivity contribution in [1.29, 1.82) is 0 Å². The molecule has 0 spiro atoms. The van der Waals surface area contributed by atoms with E-state index < -0.39 is 0 Å². The Hall–Kier alpha value is -1.22. The summed E-state index contributed by atoms with van der Waals surface area (Å²) in [5.74, 6) is -0.205. The van der Waals surface area contributed by atoms with Crippen LogP contribution in [0.4, 0.5) is 4.39 Å². The van der Waals surface area contributed by atoms with Crippen molar-refractivity contribution in [2.75, 3.05) is 0 Å². The molecule has 0 aliphatic carbocycles. The van der Waals surface area contributed by atoms with Crippen LogP contribution in [0.5, 0.6) is 0 Å². The third kappa shape index (κ3) is 2.07. The number of nitrogens with zero attached hydrogens (tertiary/aromatic N) is 1. The zero-order valence-corrected chi connectivity index (χ0v) is 9.57. The predicted molar refractivity (Wildman–Crippen MR) is 61.6 cm³/mol. The molecule has 0 saturated carbocycles. The smallest absolute Gasteiger partial charge is 0.123 e. The highest BCUT2D eigenvalue weighted by Crippen LogP contribution is 2.27. The van der Waals surface area contributed by atoms with Crippen LogP contribution in [-0.2, 0) is 6.42 Å². The molecule has 1 aromatic heterocycles. The fourth-order valence-corrected chi connectivity index (χ4v) is 2.40. The quantitative estimate of drug-likeness (QED) is 0.751. The summed E-state index contributed by atoms with van der Waals surface area (Å²) in [6.07, 6.45) is 0.921. The monoisotopic (exact) mass is 221 g/mol. The SMILES string of the molecule is CCc1csc(-c2cc(F)ccc2C)n1. The minimum atomic E-state index is -0.205. The van der Waals surface area contributed by atoms with Crippen molar-refractivity contribution in [3.05, 3.63) is 40.7 Å². The summed E-state index contributed by atoms with van der Waals surface area (Å²) in [5, 5.41) is 2.93. The highest BCUT2D eigenvalue weighted by atomic mass is 32.1. The lowest BCUT2D eigenvalue weighted by molar-refractivity contribution is 0.628. The van der Waals surface area contributed by atoms with Gasteiger partial charge in [-0.3, -0.25) is 0 Å². The van der Waals surface area contributed by atoms with Gasteiger partial charge in [-0.1, -0.05) is 13.0 Å². The molecule has 0 aliphatic heterocycles. The van der Waals surface area contributed by atoms with Gasteiger partial charge in [0.2, 0.25) is 0 Å². The van der Waals surface area contributed by atoms with E-state index in [0.29, 0.717) is 0 Å². The van der Waals surface area contributed by atoms with E-state index in [1.807, 2.05) is 12.3 Å². The molecule has 0 fully saturated rings. The predicted octanol–water partition coefficient (Wildman–Crippen LogP) is 3.82. The third-order valence-corrected chi connectivity index (χ3v) is 3.27. The maximum Gasteiger partial charge on any atom is 0.123 e. The highest BCUT2D eigenvalue weighted by molar-refractivity contribution is 7.13. The maximum absolute atomic E-state index is 13.1. The van der Waals surface area contributed by atoms with Gasteiger partial charge >= 0.3 is 0 Å². The van der Waals surface area contributed by atoms with Crippen molar-refractivity contribution < 1.29 is 4.39 Å². The Kier molecular flexibility index (Phi) is 2.82. The second-order valence-corrected chi connectivity index (χ2v) is 4.31. The average Bonchev–Trinajstić information content (AvgIpc) is 2.70. The number of thiazole rings is 1. The zero-order chi connectivity index (χ0) is 10.8. The van der Waals surface area contributed by atoms with Crippen LogP contribution in [0.2, 0.25) is 0 Å². The van der Waals surface area contributed by atoms with Crippen molar-refractivity contribution in [1.82, 2.24) is 4.98 Å². The second-order valence-electron chi connectivity index (χ2n) is 3.46. The van der Waals surface area contributed by atoms with Gasteiger partial charge in [0.1, 0.15) is 10.8 Å². The fraction of sp³-hybridized carbons (Fsp3) is 0.250. The summed E-state index contributed by atoms with van der Waals surface area (Å²) in [6.45, 7) is 4.04. The van der Waals surface area contributed by atoms with E-state index in [9.17, 15) is 4.39 Å². The Balaban J connectivity index is 2.48. The van der Waals surface area contributed by atoms with Crippen LogP contribution < -0.4 is 0 Å². The molecule has 2 rings (SSSR count). The molecular weight excluding hydrogens is 209 g/mol. The highest BCUT2D eigenvalue weighted by Gasteiger charge is 2.07. The van der Waals surface area contributed by atoms with Crippen LogP contribution in [0, 0.1) is 12.7 Å². The standard InChI is InChI=1S/C12H12FNS/c1-3-10-7-15-12(14-10)11-6-9(13)5-4-8(11)2/h4-7H,3H2,1-2H3. The normalized spacial score (nSPS) is 10.6. The molecule has 3 heteroatoms. The number of halogens is 1. The van der Waals surface area contributed by atoms with Crippen LogP contribution >= 0.6 is 11.3 Å². The first-order chi connectivity index (χ1) is 7.20. The lowest BCUT2D eigenvalue weighted by Gasteiger charge is -2.01. The number of hydrogen-bond acceptors (Lipinski definition) is 2. The summed E-state index contributed by atoms with van der Waals surface area (Å²) in [7, 11) is 0. The Morgan fingerprint density at radius 2 is 2.20 bits per heavy atom. The summed E-state index contributed by atoms with van der Waals surface area (Å²) < 4.78 is 13.1. The van der Waals surface area contributed by atoms with Gasteiger partial charge in [0.25, 0.3) is 0 Å². The van der Waals surface area contributed by atoms with Crippen molar-refractivity contribution in [3.8, 4) is 10.6 Å². The lowest BCUT2D eigenvalue weighted by Crippen LogP contribution is -1.85. The zero-order valence-electron chi connectivity index (χ0n) is 8.75. The molecule has 0 amide bonds. The number of aromatic nitrogens is 1. The van der Waals surface area contributed by atoms with E-state index in [2.05, 4.69) is 11.9 Å². The number of hydrogen-bond donors (Lipinski definition) is 0. The number of benzene rings is 1. The lowest BCUT2D eigenvalue weighted by atomic mass is 10.1. The molecule has 0 aliphatic rings. The van der Waals surface area contributed by atoms with Crippen LogP contribution in [0.25, 0.3) is 10.6 Å². The van der Waals surface area contributed by atoms with Gasteiger partial charge in [0.15, 0.2) is 0 Å². The summed E-state index contributed by atoms with van der Waals surface area (Å²) in [6, 6.07) is 4.82. The molecular formula is C12H12FNS. The molecule has 1 aromatic carbocycles. The molecule has 78 valence electrons. The van der Waals surface area contributed by atoms with E-state index in [-0.39, 0.29) is 5.82 Å². The van der Waals surface area contributed by atoms with Crippen molar-refractivity contribution in [3.63, 3.8) is 0 Å². The maximum atomic E-state index is 13.1. The van der Waals surface area contributed by atoms with Gasteiger partial charge in [-0.05, 0) is 31.0 Å². The number of aryl methyl sites for hydroxylation is 2. The van der Waals surface area contributed by atoms with Gasteiger partial charge in [0.05, 0.1) is 5.69 Å². The first-order valence-corrected chi connectivity index (χ1v) is 5.79. The Morgan fingerprint density at radius 3 is 2.87 bits per heavy atom. The van der Waals surface area contributed by atoms with E-state index in [1.165, 1.54) is 6.07 Å². The topological polar surface area (TPSA) is 12.9 Å². The molecule has 0 radical (unpaired) electrons. The van der Waals surface area contributed by atoms with Crippen LogP contribution in [-0.4, -0.2) is 4.98 Å². The van der Waals surface area contributed by atoms with Crippen molar-refractivity contribution in [2.24, 2.45) is 0 Å². The fourth-order valence-electron chi connectivity index (χ4n) is 1.42. The van der Waals surface area contributed by atoms with E-state index in [1.54, 1.807) is 23.5 Å². The van der Waals surface area contributed by atoms with E-state index >= 15 is 0 Å². The first-order valence-electron chi connectivity index (χ1n) is 4.91. The molecule has 0 saturated heterocycles. The Morgan fingerprint density at radius 1 is 1.40 bits per heavy atom. The molecule has 1 heterocycles. The molecule has 0 bridgehead atoms. The molecule has 2 aromatic rings. The van der Waals surface area contributed by atoms with Crippen LogP contribution in [0.1, 0.15) is 18.2 Å². The number of rotatable bonds is 2. The first kappa shape index (κ1) is 10.3. The van der Waals surface area contributed by atoms with E-state index in [0.717, 1.165) is 28.2 Å². The van der Waals surface area contributed by atoms with Gasteiger partial charge in [0, 0.05) is 10.9 Å². The summed E-state index contributed by atoms with van der Waals surface area (Å²) in [4.78, 5) is 4.45. The van der Waals surface area contributed by atoms with E-state index in [4.69, 9.17) is 0 Å². The van der Waals surface area contributed by atoms with Gasteiger partial charge in [-0.25, -0.2) is 9.37 Å². The molecule has 0 unspecified atom stereocenters. The largest absolute Gasteiger partial charge is 0.241 e. The van der Waals surface area contributed by atoms with Crippen molar-refractivity contribution in [2.45, 2.75) is 20.3 Å². The average molecular weight is 221 g/mol. The molecule has 1 nitrogen and oxygen atoms in total.